The van der Waals surface area contributed by atoms with E-state index in [4.69, 9.17) is 10.3 Å². The van der Waals surface area contributed by atoms with Crippen molar-refractivity contribution in [2.75, 3.05) is 5.73 Å². The third-order valence-corrected chi connectivity index (χ3v) is 3.86. The summed E-state index contributed by atoms with van der Waals surface area (Å²) in [5.74, 6) is 1.30. The lowest BCUT2D eigenvalue weighted by molar-refractivity contribution is 0.417. The standard InChI is InChI=1S/C15H13N5O/c16-12-11(17-8-9-18-12)13-19-14(20-21-13)15(6-7-15)10-4-2-1-3-5-10/h1-5,8-9H,6-7H2,(H2,16,18). The minimum atomic E-state index is -0.125. The van der Waals surface area contributed by atoms with Crippen molar-refractivity contribution in [3.8, 4) is 11.6 Å². The van der Waals surface area contributed by atoms with Gasteiger partial charge in [0, 0.05) is 12.4 Å². The second kappa shape index (κ2) is 4.37. The predicted molar refractivity (Wildman–Crippen MR) is 76.2 cm³/mol. The first-order valence-electron chi connectivity index (χ1n) is 6.76. The highest BCUT2D eigenvalue weighted by atomic mass is 16.5. The summed E-state index contributed by atoms with van der Waals surface area (Å²) in [5.41, 5.74) is 7.31. The van der Waals surface area contributed by atoms with Crippen LogP contribution in [0.2, 0.25) is 0 Å². The number of benzene rings is 1. The van der Waals surface area contributed by atoms with Crippen LogP contribution >= 0.6 is 0 Å². The summed E-state index contributed by atoms with van der Waals surface area (Å²) >= 11 is 0. The second-order valence-corrected chi connectivity index (χ2v) is 5.16. The van der Waals surface area contributed by atoms with Crippen LogP contribution < -0.4 is 5.73 Å². The maximum absolute atomic E-state index is 5.80. The van der Waals surface area contributed by atoms with Gasteiger partial charge in [-0.25, -0.2) is 9.97 Å². The highest BCUT2D eigenvalue weighted by Crippen LogP contribution is 2.52. The molecule has 104 valence electrons. The van der Waals surface area contributed by atoms with Crippen molar-refractivity contribution in [2.24, 2.45) is 0 Å². The number of nitrogen functional groups attached to an aromatic ring is 1. The summed E-state index contributed by atoms with van der Waals surface area (Å²) in [4.78, 5) is 12.6. The van der Waals surface area contributed by atoms with E-state index in [1.807, 2.05) is 18.2 Å². The Balaban J connectivity index is 1.74. The van der Waals surface area contributed by atoms with Gasteiger partial charge >= 0.3 is 0 Å². The highest BCUT2D eigenvalue weighted by Gasteiger charge is 2.50. The van der Waals surface area contributed by atoms with E-state index in [-0.39, 0.29) is 11.2 Å². The van der Waals surface area contributed by atoms with Crippen molar-refractivity contribution >= 4 is 5.82 Å². The first-order valence-corrected chi connectivity index (χ1v) is 6.76. The Morgan fingerprint density at radius 1 is 1.05 bits per heavy atom. The molecular formula is C15H13N5O. The van der Waals surface area contributed by atoms with Gasteiger partial charge in [-0.15, -0.1) is 0 Å². The maximum atomic E-state index is 5.80. The van der Waals surface area contributed by atoms with Gasteiger partial charge in [-0.3, -0.25) is 0 Å². The molecule has 0 spiro atoms. The first-order chi connectivity index (χ1) is 10.3. The number of hydrogen-bond acceptors (Lipinski definition) is 6. The zero-order valence-corrected chi connectivity index (χ0v) is 11.2. The molecule has 0 amide bonds. The summed E-state index contributed by atoms with van der Waals surface area (Å²) in [5, 5.41) is 4.13. The summed E-state index contributed by atoms with van der Waals surface area (Å²) in [6.07, 6.45) is 5.12. The van der Waals surface area contributed by atoms with E-state index in [0.717, 1.165) is 12.8 Å². The van der Waals surface area contributed by atoms with Gasteiger partial charge in [0.05, 0.1) is 5.41 Å². The highest BCUT2D eigenvalue weighted by molar-refractivity contribution is 5.61. The van der Waals surface area contributed by atoms with E-state index < -0.39 is 0 Å². The smallest absolute Gasteiger partial charge is 0.280 e. The molecule has 0 saturated heterocycles. The van der Waals surface area contributed by atoms with E-state index in [1.54, 1.807) is 6.20 Å². The van der Waals surface area contributed by atoms with Gasteiger partial charge in [0.15, 0.2) is 17.3 Å². The largest absolute Gasteiger partial charge is 0.382 e. The Bertz CT molecular complexity index is 780. The lowest BCUT2D eigenvalue weighted by Gasteiger charge is -2.09. The number of hydrogen-bond donors (Lipinski definition) is 1. The molecule has 0 unspecified atom stereocenters. The fourth-order valence-corrected chi connectivity index (χ4v) is 2.55. The quantitative estimate of drug-likeness (QED) is 0.790. The topological polar surface area (TPSA) is 90.7 Å². The van der Waals surface area contributed by atoms with Gasteiger partial charge in [0.1, 0.15) is 0 Å². The van der Waals surface area contributed by atoms with Gasteiger partial charge in [-0.05, 0) is 18.4 Å². The average molecular weight is 279 g/mol. The number of rotatable bonds is 3. The number of nitrogens with two attached hydrogens (primary N) is 1. The number of nitrogens with zero attached hydrogens (tertiary/aromatic N) is 4. The molecule has 2 aromatic heterocycles. The van der Waals surface area contributed by atoms with Crippen LogP contribution in [0.3, 0.4) is 0 Å². The van der Waals surface area contributed by atoms with Crippen LogP contribution in [0.1, 0.15) is 24.2 Å². The van der Waals surface area contributed by atoms with Crippen molar-refractivity contribution in [1.82, 2.24) is 20.1 Å². The van der Waals surface area contributed by atoms with E-state index in [9.17, 15) is 0 Å². The van der Waals surface area contributed by atoms with Gasteiger partial charge in [0.25, 0.3) is 5.89 Å². The summed E-state index contributed by atoms with van der Waals surface area (Å²) < 4.78 is 5.34. The zero-order valence-electron chi connectivity index (χ0n) is 11.2. The maximum Gasteiger partial charge on any atom is 0.280 e. The summed E-state index contributed by atoms with van der Waals surface area (Å²) in [6, 6.07) is 10.2. The van der Waals surface area contributed by atoms with Gasteiger partial charge in [-0.1, -0.05) is 35.5 Å². The van der Waals surface area contributed by atoms with Crippen LogP contribution in [0.15, 0.2) is 47.2 Å². The van der Waals surface area contributed by atoms with Crippen molar-refractivity contribution in [2.45, 2.75) is 18.3 Å². The molecule has 4 rings (SSSR count). The zero-order chi connectivity index (χ0) is 14.3. The third-order valence-electron chi connectivity index (χ3n) is 3.86. The monoisotopic (exact) mass is 279 g/mol. The first kappa shape index (κ1) is 12.0. The Hall–Kier alpha value is -2.76. The van der Waals surface area contributed by atoms with Crippen molar-refractivity contribution < 1.29 is 4.52 Å². The molecule has 21 heavy (non-hydrogen) atoms. The Morgan fingerprint density at radius 3 is 2.52 bits per heavy atom. The van der Waals surface area contributed by atoms with E-state index >= 15 is 0 Å². The average Bonchev–Trinajstić information content (AvgIpc) is 3.20. The van der Waals surface area contributed by atoms with E-state index in [0.29, 0.717) is 17.4 Å². The fraction of sp³-hybridized carbons (Fsp3) is 0.200. The molecule has 0 bridgehead atoms. The molecule has 2 N–H and O–H groups in total. The Kier molecular flexibility index (Phi) is 2.50. The van der Waals surface area contributed by atoms with Gasteiger partial charge < -0.3 is 10.3 Å². The van der Waals surface area contributed by atoms with Crippen LogP contribution in [-0.4, -0.2) is 20.1 Å². The molecule has 0 aliphatic heterocycles. The van der Waals surface area contributed by atoms with Crippen LogP contribution in [0, 0.1) is 0 Å². The van der Waals surface area contributed by atoms with Gasteiger partial charge in [-0.2, -0.15) is 4.98 Å². The van der Waals surface area contributed by atoms with Crippen molar-refractivity contribution in [3.05, 3.63) is 54.1 Å². The Labute approximate surface area is 121 Å². The molecule has 2 heterocycles. The van der Waals surface area contributed by atoms with E-state index in [2.05, 4.69) is 32.2 Å². The van der Waals surface area contributed by atoms with Crippen molar-refractivity contribution in [1.29, 1.82) is 0 Å². The molecule has 0 atom stereocenters. The summed E-state index contributed by atoms with van der Waals surface area (Å²) in [6.45, 7) is 0. The molecule has 1 fully saturated rings. The predicted octanol–water partition coefficient (Wildman–Crippen LogP) is 2.19. The molecule has 6 heteroatoms. The normalized spacial score (nSPS) is 15.8. The molecule has 1 aliphatic rings. The SMILES string of the molecule is Nc1nccnc1-c1nc(C2(c3ccccc3)CC2)no1. The lowest BCUT2D eigenvalue weighted by Crippen LogP contribution is -2.10. The van der Waals surface area contributed by atoms with E-state index in [1.165, 1.54) is 11.8 Å². The van der Waals surface area contributed by atoms with Crippen LogP contribution in [0.5, 0.6) is 0 Å². The molecule has 6 nitrogen and oxygen atoms in total. The van der Waals surface area contributed by atoms with Crippen LogP contribution in [0.25, 0.3) is 11.6 Å². The lowest BCUT2D eigenvalue weighted by atomic mass is 9.95. The molecule has 1 saturated carbocycles. The van der Waals surface area contributed by atoms with Crippen molar-refractivity contribution in [3.63, 3.8) is 0 Å². The minimum absolute atomic E-state index is 0.125. The third kappa shape index (κ3) is 1.87. The molecular weight excluding hydrogens is 266 g/mol. The minimum Gasteiger partial charge on any atom is -0.382 e. The number of anilines is 1. The molecule has 3 aromatic rings. The fourth-order valence-electron chi connectivity index (χ4n) is 2.55. The van der Waals surface area contributed by atoms with Crippen LogP contribution in [0.4, 0.5) is 5.82 Å². The molecule has 1 aliphatic carbocycles. The van der Waals surface area contributed by atoms with Crippen LogP contribution in [-0.2, 0) is 5.41 Å². The number of aromatic nitrogens is 4. The Morgan fingerprint density at radius 2 is 1.81 bits per heavy atom. The second-order valence-electron chi connectivity index (χ2n) is 5.16. The molecule has 1 aromatic carbocycles. The summed E-state index contributed by atoms with van der Waals surface area (Å²) in [7, 11) is 0. The van der Waals surface area contributed by atoms with Gasteiger partial charge in [0.2, 0.25) is 0 Å². The molecule has 0 radical (unpaired) electrons.